The highest BCUT2D eigenvalue weighted by molar-refractivity contribution is 6.32. The Morgan fingerprint density at radius 3 is 2.32 bits per heavy atom. The molecule has 0 unspecified atom stereocenters. The van der Waals surface area contributed by atoms with Crippen molar-refractivity contribution >= 4 is 17.4 Å². The molecule has 0 fully saturated rings. The molecule has 0 spiro atoms. The normalized spacial score (nSPS) is 10.8. The highest BCUT2D eigenvalue weighted by Crippen LogP contribution is 2.40. The minimum Gasteiger partial charge on any atom is -0.497 e. The summed E-state index contributed by atoms with van der Waals surface area (Å²) in [7, 11) is 1.48. The topological polar surface area (TPSA) is 105 Å². The number of benzene rings is 2. The number of rotatable bonds is 4. The summed E-state index contributed by atoms with van der Waals surface area (Å²) < 4.78 is 46.7. The van der Waals surface area contributed by atoms with Crippen molar-refractivity contribution in [3.05, 3.63) is 58.6 Å². The first-order chi connectivity index (χ1) is 14.7. The van der Waals surface area contributed by atoms with E-state index in [0.717, 1.165) is 12.1 Å². The Morgan fingerprint density at radius 1 is 1.03 bits per heavy atom. The molecule has 10 heteroatoms. The number of ether oxygens (including phenoxy) is 2. The molecule has 3 aromatic rings. The number of halogens is 4. The largest absolute Gasteiger partial charge is 0.573 e. The molecule has 0 aliphatic heterocycles. The average Bonchev–Trinajstić information content (AvgIpc) is 2.73. The van der Waals surface area contributed by atoms with E-state index in [1.54, 1.807) is 24.3 Å². The van der Waals surface area contributed by atoms with Crippen molar-refractivity contribution in [3.63, 3.8) is 0 Å². The van der Waals surface area contributed by atoms with Crippen LogP contribution in [0.2, 0.25) is 5.02 Å². The van der Waals surface area contributed by atoms with Gasteiger partial charge in [-0.25, -0.2) is 4.98 Å². The van der Waals surface area contributed by atoms with Crippen molar-refractivity contribution in [1.82, 2.24) is 4.98 Å². The van der Waals surface area contributed by atoms with Crippen LogP contribution in [-0.2, 0) is 0 Å². The first-order valence-electron chi connectivity index (χ1n) is 8.52. The lowest BCUT2D eigenvalue weighted by Crippen LogP contribution is -2.17. The van der Waals surface area contributed by atoms with E-state index in [2.05, 4.69) is 9.72 Å². The number of nitrogen functional groups attached to an aromatic ring is 1. The SMILES string of the molecule is COc1cccc(-c2nc(N)c(C#N)c(-c3ccc(OC(F)(F)F)c(Cl)c3)c2C#N)c1. The zero-order valence-corrected chi connectivity index (χ0v) is 16.5. The van der Waals surface area contributed by atoms with Gasteiger partial charge in [0.2, 0.25) is 0 Å². The summed E-state index contributed by atoms with van der Waals surface area (Å²) in [6.07, 6.45) is -4.93. The van der Waals surface area contributed by atoms with Gasteiger partial charge in [0.25, 0.3) is 0 Å². The van der Waals surface area contributed by atoms with Crippen molar-refractivity contribution in [2.45, 2.75) is 6.36 Å². The van der Waals surface area contributed by atoms with E-state index in [1.807, 2.05) is 12.1 Å². The maximum absolute atomic E-state index is 12.5. The number of pyridine rings is 1. The number of alkyl halides is 3. The van der Waals surface area contributed by atoms with Crippen LogP contribution in [0.5, 0.6) is 11.5 Å². The van der Waals surface area contributed by atoms with Gasteiger partial charge in [-0.1, -0.05) is 29.8 Å². The van der Waals surface area contributed by atoms with Gasteiger partial charge in [0, 0.05) is 11.1 Å². The Labute approximate surface area is 179 Å². The van der Waals surface area contributed by atoms with Crippen LogP contribution in [0, 0.1) is 22.7 Å². The smallest absolute Gasteiger partial charge is 0.497 e. The summed E-state index contributed by atoms with van der Waals surface area (Å²) in [5.74, 6) is -0.268. The zero-order valence-electron chi connectivity index (χ0n) is 15.8. The Hall–Kier alpha value is -3.95. The molecular weight excluding hydrogens is 433 g/mol. The van der Waals surface area contributed by atoms with Crippen LogP contribution < -0.4 is 15.2 Å². The van der Waals surface area contributed by atoms with Gasteiger partial charge in [0.15, 0.2) is 0 Å². The van der Waals surface area contributed by atoms with Gasteiger partial charge in [0.05, 0.1) is 23.4 Å². The summed E-state index contributed by atoms with van der Waals surface area (Å²) in [6.45, 7) is 0. The van der Waals surface area contributed by atoms with Crippen LogP contribution in [0.4, 0.5) is 19.0 Å². The van der Waals surface area contributed by atoms with Gasteiger partial charge in [0.1, 0.15) is 35.0 Å². The number of nitrogens with zero attached hydrogens (tertiary/aromatic N) is 3. The standard InChI is InChI=1S/C21H12ClF3N4O2/c1-30-13-4-2-3-12(7-13)19-14(9-26)18(15(10-27)20(28)29-19)11-5-6-17(16(22)8-11)31-21(23,24)25/h2-8H,1H3,(H2,28,29). The molecule has 0 amide bonds. The first-order valence-corrected chi connectivity index (χ1v) is 8.90. The third-order valence-electron chi connectivity index (χ3n) is 4.24. The third-order valence-corrected chi connectivity index (χ3v) is 4.53. The van der Waals surface area contributed by atoms with E-state index in [1.165, 1.54) is 13.2 Å². The number of anilines is 1. The average molecular weight is 445 g/mol. The highest BCUT2D eigenvalue weighted by atomic mass is 35.5. The Morgan fingerprint density at radius 2 is 1.74 bits per heavy atom. The van der Waals surface area contributed by atoms with Crippen LogP contribution in [-0.4, -0.2) is 18.5 Å². The fourth-order valence-corrected chi connectivity index (χ4v) is 3.18. The maximum Gasteiger partial charge on any atom is 0.573 e. The van der Waals surface area contributed by atoms with Gasteiger partial charge in [-0.3, -0.25) is 0 Å². The molecular formula is C21H12ClF3N4O2. The Balaban J connectivity index is 2.27. The second-order valence-electron chi connectivity index (χ2n) is 6.12. The summed E-state index contributed by atoms with van der Waals surface area (Å²) in [6, 6.07) is 14.0. The van der Waals surface area contributed by atoms with Crippen LogP contribution in [0.1, 0.15) is 11.1 Å². The van der Waals surface area contributed by atoms with Crippen molar-refractivity contribution < 1.29 is 22.6 Å². The molecule has 2 aromatic carbocycles. The van der Waals surface area contributed by atoms with E-state index in [-0.39, 0.29) is 38.8 Å². The summed E-state index contributed by atoms with van der Waals surface area (Å²) >= 11 is 5.96. The van der Waals surface area contributed by atoms with Crippen molar-refractivity contribution in [3.8, 4) is 46.0 Å². The predicted molar refractivity (Wildman–Crippen MR) is 107 cm³/mol. The molecule has 31 heavy (non-hydrogen) atoms. The van der Waals surface area contributed by atoms with Gasteiger partial charge < -0.3 is 15.2 Å². The van der Waals surface area contributed by atoms with E-state index >= 15 is 0 Å². The molecule has 0 aliphatic carbocycles. The fourth-order valence-electron chi connectivity index (χ4n) is 2.96. The van der Waals surface area contributed by atoms with Crippen molar-refractivity contribution in [1.29, 1.82) is 10.5 Å². The van der Waals surface area contributed by atoms with Gasteiger partial charge in [-0.05, 0) is 29.8 Å². The fraction of sp³-hybridized carbons (Fsp3) is 0.0952. The van der Waals surface area contributed by atoms with Crippen molar-refractivity contribution in [2.75, 3.05) is 12.8 Å². The monoisotopic (exact) mass is 444 g/mol. The maximum atomic E-state index is 12.5. The number of aromatic nitrogens is 1. The van der Waals surface area contributed by atoms with E-state index in [4.69, 9.17) is 22.1 Å². The predicted octanol–water partition coefficient (Wildman–Crippen LogP) is 5.30. The summed E-state index contributed by atoms with van der Waals surface area (Å²) in [5.41, 5.74) is 6.83. The first kappa shape index (κ1) is 21.8. The number of nitrogens with two attached hydrogens (primary N) is 1. The molecule has 0 saturated carbocycles. The minimum atomic E-state index is -4.93. The van der Waals surface area contributed by atoms with E-state index < -0.39 is 12.1 Å². The summed E-state index contributed by atoms with van der Waals surface area (Å²) in [5, 5.41) is 19.1. The number of nitriles is 2. The van der Waals surface area contributed by atoms with Gasteiger partial charge in [-0.15, -0.1) is 13.2 Å². The molecule has 1 aromatic heterocycles. The molecule has 0 atom stereocenters. The molecule has 2 N–H and O–H groups in total. The van der Waals surface area contributed by atoms with E-state index in [9.17, 15) is 23.7 Å². The quantitative estimate of drug-likeness (QED) is 0.585. The second kappa shape index (κ2) is 8.42. The van der Waals surface area contributed by atoms with Gasteiger partial charge in [-0.2, -0.15) is 10.5 Å². The third kappa shape index (κ3) is 4.47. The zero-order chi connectivity index (χ0) is 22.8. The molecule has 6 nitrogen and oxygen atoms in total. The number of hydrogen-bond acceptors (Lipinski definition) is 6. The molecule has 0 saturated heterocycles. The lowest BCUT2D eigenvalue weighted by atomic mass is 9.92. The lowest BCUT2D eigenvalue weighted by molar-refractivity contribution is -0.274. The Kier molecular flexibility index (Phi) is 5.91. The molecule has 0 bridgehead atoms. The lowest BCUT2D eigenvalue weighted by Gasteiger charge is -2.15. The number of methoxy groups -OCH3 is 1. The Bertz CT molecular complexity index is 1250. The van der Waals surface area contributed by atoms with Crippen LogP contribution in [0.15, 0.2) is 42.5 Å². The van der Waals surface area contributed by atoms with Crippen molar-refractivity contribution in [2.24, 2.45) is 0 Å². The van der Waals surface area contributed by atoms with E-state index in [0.29, 0.717) is 11.3 Å². The highest BCUT2D eigenvalue weighted by Gasteiger charge is 2.32. The molecule has 0 radical (unpaired) electrons. The molecule has 1 heterocycles. The minimum absolute atomic E-state index is 0.000408. The van der Waals surface area contributed by atoms with Gasteiger partial charge >= 0.3 is 6.36 Å². The van der Waals surface area contributed by atoms with Crippen LogP contribution in [0.3, 0.4) is 0 Å². The molecule has 0 aliphatic rings. The number of hydrogen-bond donors (Lipinski definition) is 1. The second-order valence-corrected chi connectivity index (χ2v) is 6.53. The molecule has 3 rings (SSSR count). The van der Waals surface area contributed by atoms with Crippen LogP contribution in [0.25, 0.3) is 22.4 Å². The molecule has 156 valence electrons. The summed E-state index contributed by atoms with van der Waals surface area (Å²) in [4.78, 5) is 4.21. The van der Waals surface area contributed by atoms with Crippen LogP contribution >= 0.6 is 11.6 Å².